The van der Waals surface area contributed by atoms with Crippen LogP contribution in [-0.2, 0) is 11.3 Å². The molecule has 60 valence electrons. The summed E-state index contributed by atoms with van der Waals surface area (Å²) in [6.45, 7) is 0.304. The minimum atomic E-state index is -0.945. The van der Waals surface area contributed by atoms with Crippen LogP contribution in [0.15, 0.2) is 6.20 Å². The molecular formula is C6H7NO3S. The number of aromatic nitrogens is 1. The molecule has 1 aromatic rings. The van der Waals surface area contributed by atoms with E-state index >= 15 is 0 Å². The highest BCUT2D eigenvalue weighted by molar-refractivity contribution is 7.08. The predicted molar refractivity (Wildman–Crippen MR) is 39.8 cm³/mol. The summed E-state index contributed by atoms with van der Waals surface area (Å²) < 4.78 is 8.52. The fraction of sp³-hybridized carbons (Fsp3) is 0.333. The maximum absolute atomic E-state index is 10.5. The molecule has 0 bridgehead atoms. The number of hydrogen-bond acceptors (Lipinski definition) is 4. The van der Waals surface area contributed by atoms with Gasteiger partial charge < -0.3 is 9.84 Å². The Labute approximate surface area is 67.6 Å². The zero-order valence-electron chi connectivity index (χ0n) is 5.90. The van der Waals surface area contributed by atoms with Crippen LogP contribution in [0, 0.1) is 0 Å². The summed E-state index contributed by atoms with van der Waals surface area (Å²) in [6, 6.07) is 0. The van der Waals surface area contributed by atoms with Gasteiger partial charge in [-0.1, -0.05) is 0 Å². The van der Waals surface area contributed by atoms with Crippen molar-refractivity contribution in [2.45, 2.75) is 6.61 Å². The lowest BCUT2D eigenvalue weighted by molar-refractivity contribution is 0.0697. The molecule has 0 aliphatic carbocycles. The number of carbonyl (C=O) groups is 1. The summed E-state index contributed by atoms with van der Waals surface area (Å²) in [4.78, 5) is 10.7. The van der Waals surface area contributed by atoms with E-state index in [0.29, 0.717) is 12.2 Å². The minimum Gasteiger partial charge on any atom is -0.477 e. The summed E-state index contributed by atoms with van der Waals surface area (Å²) in [5.41, 5.74) is 0.630. The van der Waals surface area contributed by atoms with Gasteiger partial charge in [0, 0.05) is 18.9 Å². The molecule has 0 saturated carbocycles. The second-order valence-corrected chi connectivity index (χ2v) is 2.72. The van der Waals surface area contributed by atoms with Gasteiger partial charge in [-0.3, -0.25) is 0 Å². The number of carboxylic acid groups (broad SMARTS) is 1. The highest BCUT2D eigenvalue weighted by atomic mass is 32.1. The number of carboxylic acids is 1. The fourth-order valence-corrected chi connectivity index (χ4v) is 1.29. The lowest BCUT2D eigenvalue weighted by atomic mass is 10.3. The van der Waals surface area contributed by atoms with Gasteiger partial charge in [0.2, 0.25) is 0 Å². The summed E-state index contributed by atoms with van der Waals surface area (Å²) in [6.07, 6.45) is 1.51. The maximum atomic E-state index is 10.5. The van der Waals surface area contributed by atoms with Gasteiger partial charge in [0.15, 0.2) is 0 Å². The quantitative estimate of drug-likeness (QED) is 0.740. The zero-order valence-corrected chi connectivity index (χ0v) is 6.72. The summed E-state index contributed by atoms with van der Waals surface area (Å²) >= 11 is 0.968. The Morgan fingerprint density at radius 3 is 3.18 bits per heavy atom. The van der Waals surface area contributed by atoms with Crippen molar-refractivity contribution in [3.05, 3.63) is 16.6 Å². The molecule has 0 atom stereocenters. The van der Waals surface area contributed by atoms with Crippen LogP contribution in [0.3, 0.4) is 0 Å². The van der Waals surface area contributed by atoms with Gasteiger partial charge in [-0.15, -0.1) is 0 Å². The number of hydrogen-bond donors (Lipinski definition) is 1. The van der Waals surface area contributed by atoms with Crippen LogP contribution in [0.1, 0.15) is 15.2 Å². The van der Waals surface area contributed by atoms with Crippen molar-refractivity contribution < 1.29 is 14.6 Å². The average Bonchev–Trinajstić information content (AvgIpc) is 2.36. The van der Waals surface area contributed by atoms with E-state index in [1.54, 1.807) is 0 Å². The highest BCUT2D eigenvalue weighted by Crippen LogP contribution is 2.13. The first-order valence-electron chi connectivity index (χ1n) is 2.91. The van der Waals surface area contributed by atoms with Crippen LogP contribution < -0.4 is 0 Å². The molecule has 11 heavy (non-hydrogen) atoms. The third-order valence-corrected chi connectivity index (χ3v) is 1.97. The molecule has 0 unspecified atom stereocenters. The first-order chi connectivity index (χ1) is 5.25. The van der Waals surface area contributed by atoms with Gasteiger partial charge >= 0.3 is 5.97 Å². The van der Waals surface area contributed by atoms with Crippen molar-refractivity contribution in [1.29, 1.82) is 0 Å². The third kappa shape index (κ3) is 1.75. The van der Waals surface area contributed by atoms with Crippen LogP contribution in [0.25, 0.3) is 0 Å². The molecule has 4 nitrogen and oxygen atoms in total. The molecule has 1 aromatic heterocycles. The van der Waals surface area contributed by atoms with Crippen molar-refractivity contribution in [3.8, 4) is 0 Å². The molecule has 0 saturated heterocycles. The highest BCUT2D eigenvalue weighted by Gasteiger charge is 2.11. The van der Waals surface area contributed by atoms with Crippen LogP contribution in [0.2, 0.25) is 0 Å². The van der Waals surface area contributed by atoms with E-state index in [0.717, 1.165) is 11.5 Å². The lowest BCUT2D eigenvalue weighted by Gasteiger charge is -1.94. The standard InChI is InChI=1S/C6H7NO3S/c1-10-3-4-2-7-11-5(4)6(8)9/h2H,3H2,1H3,(H,8,9). The molecule has 5 heteroatoms. The summed E-state index contributed by atoms with van der Waals surface area (Å²) in [5, 5.41) is 8.60. The predicted octanol–water partition coefficient (Wildman–Crippen LogP) is 0.988. The van der Waals surface area contributed by atoms with Crippen LogP contribution in [0.5, 0.6) is 0 Å². The minimum absolute atomic E-state index is 0.256. The Balaban J connectivity index is 2.87. The lowest BCUT2D eigenvalue weighted by Crippen LogP contribution is -1.97. The Morgan fingerprint density at radius 1 is 1.91 bits per heavy atom. The number of methoxy groups -OCH3 is 1. The van der Waals surface area contributed by atoms with Crippen LogP contribution in [-0.4, -0.2) is 22.6 Å². The molecule has 1 heterocycles. The van der Waals surface area contributed by atoms with E-state index in [9.17, 15) is 4.79 Å². The van der Waals surface area contributed by atoms with Crippen LogP contribution in [0.4, 0.5) is 0 Å². The zero-order chi connectivity index (χ0) is 8.27. The van der Waals surface area contributed by atoms with E-state index in [1.165, 1.54) is 13.3 Å². The van der Waals surface area contributed by atoms with E-state index in [1.807, 2.05) is 0 Å². The Bertz CT molecular complexity index is 258. The van der Waals surface area contributed by atoms with Crippen molar-refractivity contribution in [3.63, 3.8) is 0 Å². The number of aromatic carboxylic acids is 1. The maximum Gasteiger partial charge on any atom is 0.347 e. The largest absolute Gasteiger partial charge is 0.477 e. The van der Waals surface area contributed by atoms with Gasteiger partial charge in [0.05, 0.1) is 6.61 Å². The molecule has 0 spiro atoms. The van der Waals surface area contributed by atoms with E-state index < -0.39 is 5.97 Å². The monoisotopic (exact) mass is 173 g/mol. The Kier molecular flexibility index (Phi) is 2.56. The molecule has 0 aromatic carbocycles. The van der Waals surface area contributed by atoms with E-state index in [2.05, 4.69) is 4.37 Å². The first kappa shape index (κ1) is 8.16. The van der Waals surface area contributed by atoms with Gasteiger partial charge in [0.1, 0.15) is 4.88 Å². The molecular weight excluding hydrogens is 166 g/mol. The van der Waals surface area contributed by atoms with Crippen molar-refractivity contribution in [1.82, 2.24) is 4.37 Å². The molecule has 0 radical (unpaired) electrons. The summed E-state index contributed by atoms with van der Waals surface area (Å²) in [5.74, 6) is -0.945. The van der Waals surface area contributed by atoms with Gasteiger partial charge in [-0.2, -0.15) is 4.37 Å². The molecule has 1 rings (SSSR count). The van der Waals surface area contributed by atoms with Crippen molar-refractivity contribution in [2.75, 3.05) is 7.11 Å². The topological polar surface area (TPSA) is 59.4 Å². The summed E-state index contributed by atoms with van der Waals surface area (Å²) in [7, 11) is 1.52. The van der Waals surface area contributed by atoms with Gasteiger partial charge in [-0.25, -0.2) is 4.79 Å². The number of rotatable bonds is 3. The molecule has 0 aliphatic rings. The van der Waals surface area contributed by atoms with Crippen molar-refractivity contribution in [2.24, 2.45) is 0 Å². The number of nitrogens with zero attached hydrogens (tertiary/aromatic N) is 1. The number of ether oxygens (including phenoxy) is 1. The average molecular weight is 173 g/mol. The first-order valence-corrected chi connectivity index (χ1v) is 3.69. The van der Waals surface area contributed by atoms with Crippen LogP contribution >= 0.6 is 11.5 Å². The Hall–Kier alpha value is -0.940. The second kappa shape index (κ2) is 3.45. The smallest absolute Gasteiger partial charge is 0.347 e. The SMILES string of the molecule is COCc1cnsc1C(=O)O. The molecule has 0 fully saturated rings. The third-order valence-electron chi connectivity index (χ3n) is 1.14. The van der Waals surface area contributed by atoms with E-state index in [-0.39, 0.29) is 4.88 Å². The van der Waals surface area contributed by atoms with Crippen molar-refractivity contribution >= 4 is 17.5 Å². The Morgan fingerprint density at radius 2 is 2.64 bits per heavy atom. The second-order valence-electron chi connectivity index (χ2n) is 1.92. The van der Waals surface area contributed by atoms with Gasteiger partial charge in [0.25, 0.3) is 0 Å². The van der Waals surface area contributed by atoms with Gasteiger partial charge in [-0.05, 0) is 11.5 Å². The van der Waals surface area contributed by atoms with E-state index in [4.69, 9.17) is 9.84 Å². The molecule has 0 aliphatic heterocycles. The fourth-order valence-electron chi connectivity index (χ4n) is 0.695. The normalized spacial score (nSPS) is 9.91. The molecule has 1 N–H and O–H groups in total. The molecule has 0 amide bonds.